The Balaban J connectivity index is 1.20. The number of thiazole rings is 1. The number of rotatable bonds is 7. The number of aromatic nitrogens is 3. The molecule has 5 atom stereocenters. The predicted octanol–water partition coefficient (Wildman–Crippen LogP) is 3.48. The number of anilines is 2. The van der Waals surface area contributed by atoms with Crippen LogP contribution in [0.4, 0.5) is 24.1 Å². The van der Waals surface area contributed by atoms with E-state index in [1.165, 1.54) is 16.4 Å². The average Bonchev–Trinajstić information content (AvgIpc) is 3.78. The van der Waals surface area contributed by atoms with E-state index in [1.807, 2.05) is 0 Å². The molecule has 1 aromatic carbocycles. The van der Waals surface area contributed by atoms with Gasteiger partial charge in [0.2, 0.25) is 0 Å². The van der Waals surface area contributed by atoms with Gasteiger partial charge in [0.25, 0.3) is 0 Å². The maximum absolute atomic E-state index is 17.3. The first-order chi connectivity index (χ1) is 22.8. The summed E-state index contributed by atoms with van der Waals surface area (Å²) in [5, 5.41) is 3.75. The number of nitrogens with two attached hydrogens (primary N) is 1. The lowest BCUT2D eigenvalue weighted by atomic mass is 9.95. The molecule has 6 aliphatic heterocycles. The van der Waals surface area contributed by atoms with Gasteiger partial charge in [-0.2, -0.15) is 9.97 Å². The Morgan fingerprint density at radius 1 is 1.15 bits per heavy atom. The molecular formula is C31H35F3N8O3S2. The smallest absolute Gasteiger partial charge is 0.319 e. The third-order valence-corrected chi connectivity index (χ3v) is 12.9. The van der Waals surface area contributed by atoms with Gasteiger partial charge in [0, 0.05) is 56.2 Å². The second-order valence-electron chi connectivity index (χ2n) is 13.6. The average molecular weight is 689 g/mol. The van der Waals surface area contributed by atoms with Gasteiger partial charge in [-0.05, 0) is 44.4 Å². The van der Waals surface area contributed by atoms with E-state index >= 15 is 4.39 Å². The summed E-state index contributed by atoms with van der Waals surface area (Å²) < 4.78 is 75.0. The van der Waals surface area contributed by atoms with Crippen LogP contribution in [-0.4, -0.2) is 105 Å². The number of nitrogens with one attached hydrogen (secondary N) is 1. The minimum atomic E-state index is -1.94. The number of nitrogen functional groups attached to an aromatic ring is 1. The van der Waals surface area contributed by atoms with Gasteiger partial charge in [0.15, 0.2) is 27.8 Å². The van der Waals surface area contributed by atoms with Crippen LogP contribution in [-0.2, 0) is 15.7 Å². The summed E-state index contributed by atoms with van der Waals surface area (Å²) in [6.45, 7) is 3.72. The van der Waals surface area contributed by atoms with Crippen molar-refractivity contribution in [3.63, 3.8) is 0 Å². The molecule has 0 radical (unpaired) electrons. The van der Waals surface area contributed by atoms with Gasteiger partial charge < -0.3 is 25.4 Å². The van der Waals surface area contributed by atoms with E-state index in [9.17, 15) is 13.0 Å². The normalized spacial score (nSPS) is 30.7. The molecule has 2 bridgehead atoms. The molecule has 5 fully saturated rings. The van der Waals surface area contributed by atoms with Gasteiger partial charge in [0.1, 0.15) is 29.2 Å². The van der Waals surface area contributed by atoms with Crippen molar-refractivity contribution in [1.29, 1.82) is 0 Å². The Kier molecular flexibility index (Phi) is 7.19. The summed E-state index contributed by atoms with van der Waals surface area (Å²) in [5.74, 6) is -0.854. The number of hydrogen-bond donors (Lipinski definition) is 2. The van der Waals surface area contributed by atoms with Crippen molar-refractivity contribution in [2.45, 2.75) is 60.8 Å². The van der Waals surface area contributed by atoms with Gasteiger partial charge in [-0.15, -0.1) is 0 Å². The Morgan fingerprint density at radius 2 is 1.96 bits per heavy atom. The Labute approximate surface area is 275 Å². The van der Waals surface area contributed by atoms with E-state index in [4.69, 9.17) is 20.2 Å². The van der Waals surface area contributed by atoms with Gasteiger partial charge in [-0.1, -0.05) is 11.3 Å². The van der Waals surface area contributed by atoms with Gasteiger partial charge in [-0.25, -0.2) is 22.4 Å². The lowest BCUT2D eigenvalue weighted by Crippen LogP contribution is -2.52. The fraction of sp³-hybridized carbons (Fsp3) is 0.581. The molecule has 4 unspecified atom stereocenters. The summed E-state index contributed by atoms with van der Waals surface area (Å²) >= 11 is 0.974. The van der Waals surface area contributed by atoms with Gasteiger partial charge in [-0.3, -0.25) is 9.21 Å². The van der Waals surface area contributed by atoms with Crippen molar-refractivity contribution in [2.24, 2.45) is 5.92 Å². The first-order valence-electron chi connectivity index (χ1n) is 16.2. The number of halogens is 3. The van der Waals surface area contributed by atoms with Crippen LogP contribution in [0.5, 0.6) is 6.01 Å². The standard InChI is InChI=1S/C31H35F3N8O3S2/c32-17-8-31(6-1-7-41(31)10-17)15-45-30-38-24-22(34)25(20-4-5-21(33)26-23(20)37-29(35)46-26)42(9-16-13-44-14-16)47(43)27(24)28(39-30)40-11-18-2-3-19(12-40)36-18/h4-5,16-19,36H,1-3,6-15H2,(H2,35,37)/t17?,18?,19?,31-,47?/m0/s1. The lowest BCUT2D eigenvalue weighted by molar-refractivity contribution is -0.0346. The zero-order valence-corrected chi connectivity index (χ0v) is 27.2. The molecule has 6 aliphatic rings. The largest absolute Gasteiger partial charge is 0.461 e. The van der Waals surface area contributed by atoms with E-state index in [2.05, 4.69) is 25.1 Å². The molecule has 3 N–H and O–H groups in total. The molecule has 0 spiro atoms. The van der Waals surface area contributed by atoms with E-state index in [1.54, 1.807) is 0 Å². The SMILES string of the molecule is Nc1nc2c(C3=C(F)c4nc(OC[C@@]56CCCN5CC(F)C6)nc(N5CC6CCC(C5)N6)c4S(=O)N3CC3COC3)ccc(F)c2s1. The highest BCUT2D eigenvalue weighted by Gasteiger charge is 2.50. The second-order valence-corrected chi connectivity index (χ2v) is 16.0. The summed E-state index contributed by atoms with van der Waals surface area (Å²) in [5.41, 5.74) is 5.88. The summed E-state index contributed by atoms with van der Waals surface area (Å²) in [6, 6.07) is 3.12. The van der Waals surface area contributed by atoms with Crippen molar-refractivity contribution in [3.8, 4) is 6.01 Å². The Bertz CT molecular complexity index is 1810. The fourth-order valence-electron chi connectivity index (χ4n) is 8.26. The molecule has 47 heavy (non-hydrogen) atoms. The number of benzene rings is 1. The Morgan fingerprint density at radius 3 is 2.72 bits per heavy atom. The predicted molar refractivity (Wildman–Crippen MR) is 172 cm³/mol. The first-order valence-corrected chi connectivity index (χ1v) is 18.2. The van der Waals surface area contributed by atoms with Crippen molar-refractivity contribution >= 4 is 55.0 Å². The molecular weight excluding hydrogens is 654 g/mol. The molecule has 9 rings (SSSR count). The number of alkyl halides is 1. The minimum Gasteiger partial charge on any atom is -0.461 e. The van der Waals surface area contributed by atoms with E-state index in [-0.39, 0.29) is 74.4 Å². The van der Waals surface area contributed by atoms with Gasteiger partial charge >= 0.3 is 6.01 Å². The molecule has 3 aromatic rings. The number of fused-ring (bicyclic) bond motifs is 5. The van der Waals surface area contributed by atoms with Gasteiger partial charge in [0.05, 0.1) is 34.7 Å². The van der Waals surface area contributed by atoms with Crippen LogP contribution >= 0.6 is 11.3 Å². The fourth-order valence-corrected chi connectivity index (χ4v) is 10.6. The van der Waals surface area contributed by atoms with E-state index in [0.717, 1.165) is 43.6 Å². The van der Waals surface area contributed by atoms with Crippen LogP contribution in [0, 0.1) is 11.7 Å². The molecule has 0 saturated carbocycles. The molecule has 11 nitrogen and oxygen atoms in total. The zero-order valence-electron chi connectivity index (χ0n) is 25.6. The number of ether oxygens (including phenoxy) is 2. The van der Waals surface area contributed by atoms with Crippen molar-refractivity contribution in [2.75, 3.05) is 63.2 Å². The highest BCUT2D eigenvalue weighted by atomic mass is 32.2. The lowest BCUT2D eigenvalue weighted by Gasteiger charge is -2.39. The van der Waals surface area contributed by atoms with Crippen molar-refractivity contribution < 1.29 is 26.9 Å². The minimum absolute atomic E-state index is 0.00522. The third-order valence-electron chi connectivity index (χ3n) is 10.5. The molecule has 16 heteroatoms. The molecule has 250 valence electrons. The van der Waals surface area contributed by atoms with E-state index < -0.39 is 34.3 Å². The molecule has 0 amide bonds. The second kappa shape index (κ2) is 11.3. The Hall–Kier alpha value is -3.05. The summed E-state index contributed by atoms with van der Waals surface area (Å²) in [4.78, 5) is 18.2. The third kappa shape index (κ3) is 4.92. The zero-order chi connectivity index (χ0) is 32.0. The highest BCUT2D eigenvalue weighted by Crippen LogP contribution is 2.47. The molecule has 0 aliphatic carbocycles. The summed E-state index contributed by atoms with van der Waals surface area (Å²) in [6.07, 6.45) is 3.20. The monoisotopic (exact) mass is 688 g/mol. The molecule has 2 aromatic heterocycles. The first kappa shape index (κ1) is 30.0. The number of hydrogen-bond acceptors (Lipinski definition) is 11. The number of nitrogens with zero attached hydrogens (tertiary/aromatic N) is 6. The van der Waals surface area contributed by atoms with Crippen LogP contribution in [0.1, 0.15) is 43.4 Å². The topological polar surface area (TPSA) is 122 Å². The van der Waals surface area contributed by atoms with E-state index in [0.29, 0.717) is 45.1 Å². The molecule has 5 saturated heterocycles. The maximum atomic E-state index is 17.3. The van der Waals surface area contributed by atoms with Crippen LogP contribution in [0.3, 0.4) is 0 Å². The highest BCUT2D eigenvalue weighted by molar-refractivity contribution is 7.83. The van der Waals surface area contributed by atoms with Crippen molar-refractivity contribution in [1.82, 2.24) is 29.5 Å². The van der Waals surface area contributed by atoms with Crippen LogP contribution in [0.25, 0.3) is 21.7 Å². The maximum Gasteiger partial charge on any atom is 0.319 e. The van der Waals surface area contributed by atoms with Crippen LogP contribution in [0.15, 0.2) is 17.0 Å². The van der Waals surface area contributed by atoms with Crippen LogP contribution < -0.4 is 20.7 Å². The molecule has 8 heterocycles. The van der Waals surface area contributed by atoms with Crippen LogP contribution in [0.2, 0.25) is 0 Å². The number of piperazine rings is 1. The van der Waals surface area contributed by atoms with Crippen molar-refractivity contribution in [3.05, 3.63) is 29.2 Å². The summed E-state index contributed by atoms with van der Waals surface area (Å²) in [7, 11) is -1.94. The quantitative estimate of drug-likeness (QED) is 0.382.